The van der Waals surface area contributed by atoms with E-state index in [9.17, 15) is 4.79 Å². The van der Waals surface area contributed by atoms with Crippen molar-refractivity contribution in [3.8, 4) is 0 Å². The number of hydrogen-bond acceptors (Lipinski definition) is 3. The van der Waals surface area contributed by atoms with E-state index in [-0.39, 0.29) is 11.9 Å². The third-order valence-electron chi connectivity index (χ3n) is 3.50. The minimum absolute atomic E-state index is 0.0437. The molecule has 1 unspecified atom stereocenters. The Labute approximate surface area is 132 Å². The molecule has 1 atom stereocenters. The molecule has 0 spiro atoms. The van der Waals surface area contributed by atoms with Gasteiger partial charge in [-0.1, -0.05) is 43.7 Å². The quantitative estimate of drug-likeness (QED) is 0.765. The predicted octanol–water partition coefficient (Wildman–Crippen LogP) is 3.78. The zero-order chi connectivity index (χ0) is 15.8. The number of nitrogens with zero attached hydrogens (tertiary/aromatic N) is 1. The van der Waals surface area contributed by atoms with Crippen LogP contribution in [0.1, 0.15) is 48.8 Å². The van der Waals surface area contributed by atoms with Crippen molar-refractivity contribution in [2.45, 2.75) is 32.7 Å². The number of aromatic nitrogens is 1. The van der Waals surface area contributed by atoms with E-state index in [2.05, 4.69) is 22.5 Å². The maximum Gasteiger partial charge on any atom is 0.270 e. The van der Waals surface area contributed by atoms with Crippen molar-refractivity contribution in [1.29, 1.82) is 0 Å². The van der Waals surface area contributed by atoms with Crippen LogP contribution in [0.4, 0.5) is 5.69 Å². The molecular weight excluding hydrogens is 274 g/mol. The van der Waals surface area contributed by atoms with Gasteiger partial charge in [-0.3, -0.25) is 4.79 Å². The maximum atomic E-state index is 12.2. The van der Waals surface area contributed by atoms with Gasteiger partial charge in [0.2, 0.25) is 0 Å². The first kappa shape index (κ1) is 16.0. The Balaban J connectivity index is 1.92. The molecule has 0 bridgehead atoms. The monoisotopic (exact) mass is 297 g/mol. The third kappa shape index (κ3) is 4.58. The Morgan fingerprint density at radius 3 is 2.59 bits per heavy atom. The van der Waals surface area contributed by atoms with E-state index in [1.165, 1.54) is 0 Å². The maximum absolute atomic E-state index is 12.2. The molecule has 0 aliphatic heterocycles. The van der Waals surface area contributed by atoms with Gasteiger partial charge in [-0.25, -0.2) is 4.98 Å². The summed E-state index contributed by atoms with van der Waals surface area (Å²) in [7, 11) is 0. The number of benzene rings is 1. The molecular formula is C18H23N3O. The molecule has 2 aromatic rings. The lowest BCUT2D eigenvalue weighted by Gasteiger charge is -2.14. The molecule has 0 saturated heterocycles. The molecule has 0 radical (unpaired) electrons. The van der Waals surface area contributed by atoms with Gasteiger partial charge in [0.05, 0.1) is 17.9 Å². The SMILES string of the molecule is CCCCNc1ccc(C(=O)NC(C)c2ccccc2)nc1. The Morgan fingerprint density at radius 2 is 1.95 bits per heavy atom. The molecule has 0 saturated carbocycles. The number of unbranched alkanes of at least 4 members (excludes halogenated alkanes) is 1. The fraction of sp³-hybridized carbons (Fsp3) is 0.333. The number of hydrogen-bond donors (Lipinski definition) is 2. The predicted molar refractivity (Wildman–Crippen MR) is 90.0 cm³/mol. The highest BCUT2D eigenvalue weighted by molar-refractivity contribution is 5.92. The van der Waals surface area contributed by atoms with E-state index >= 15 is 0 Å². The van der Waals surface area contributed by atoms with Crippen molar-refractivity contribution in [3.05, 3.63) is 59.9 Å². The van der Waals surface area contributed by atoms with Crippen LogP contribution in [0, 0.1) is 0 Å². The van der Waals surface area contributed by atoms with Crippen LogP contribution in [0.3, 0.4) is 0 Å². The average molecular weight is 297 g/mol. The second-order valence-corrected chi connectivity index (χ2v) is 5.32. The van der Waals surface area contributed by atoms with Crippen LogP contribution in [0.25, 0.3) is 0 Å². The molecule has 1 amide bonds. The highest BCUT2D eigenvalue weighted by Gasteiger charge is 2.12. The van der Waals surface area contributed by atoms with E-state index in [0.29, 0.717) is 5.69 Å². The lowest BCUT2D eigenvalue weighted by Crippen LogP contribution is -2.27. The van der Waals surface area contributed by atoms with Crippen LogP contribution in [0.5, 0.6) is 0 Å². The van der Waals surface area contributed by atoms with Gasteiger partial charge in [-0.2, -0.15) is 0 Å². The fourth-order valence-corrected chi connectivity index (χ4v) is 2.14. The molecule has 0 fully saturated rings. The van der Waals surface area contributed by atoms with E-state index in [4.69, 9.17) is 0 Å². The van der Waals surface area contributed by atoms with Crippen molar-refractivity contribution in [2.24, 2.45) is 0 Å². The summed E-state index contributed by atoms with van der Waals surface area (Å²) in [6, 6.07) is 13.5. The number of carbonyl (C=O) groups is 1. The standard InChI is InChI=1S/C18H23N3O/c1-3-4-12-19-16-10-11-17(20-13-16)18(22)21-14(2)15-8-6-5-7-9-15/h5-11,13-14,19H,3-4,12H2,1-2H3,(H,21,22). The second kappa shape index (κ2) is 8.17. The zero-order valence-electron chi connectivity index (χ0n) is 13.2. The minimum atomic E-state index is -0.156. The number of rotatable bonds is 7. The number of pyridine rings is 1. The molecule has 2 N–H and O–H groups in total. The molecule has 1 heterocycles. The summed E-state index contributed by atoms with van der Waals surface area (Å²) in [6.45, 7) is 5.05. The molecule has 1 aromatic heterocycles. The Morgan fingerprint density at radius 1 is 1.18 bits per heavy atom. The van der Waals surface area contributed by atoms with Gasteiger partial charge in [-0.15, -0.1) is 0 Å². The van der Waals surface area contributed by atoms with Gasteiger partial charge in [0.25, 0.3) is 5.91 Å². The highest BCUT2D eigenvalue weighted by Crippen LogP contribution is 2.12. The molecule has 0 aliphatic carbocycles. The van der Waals surface area contributed by atoms with E-state index in [0.717, 1.165) is 30.6 Å². The van der Waals surface area contributed by atoms with Crippen LogP contribution >= 0.6 is 0 Å². The normalized spacial score (nSPS) is 11.7. The molecule has 0 aliphatic rings. The summed E-state index contributed by atoms with van der Waals surface area (Å²) in [5, 5.41) is 6.25. The Hall–Kier alpha value is -2.36. The molecule has 1 aromatic carbocycles. The lowest BCUT2D eigenvalue weighted by molar-refractivity contribution is 0.0935. The van der Waals surface area contributed by atoms with Gasteiger partial charge in [0.15, 0.2) is 0 Å². The average Bonchev–Trinajstić information content (AvgIpc) is 2.56. The topological polar surface area (TPSA) is 54.0 Å². The van der Waals surface area contributed by atoms with Crippen LogP contribution in [-0.2, 0) is 0 Å². The minimum Gasteiger partial charge on any atom is -0.384 e. The molecule has 4 nitrogen and oxygen atoms in total. The third-order valence-corrected chi connectivity index (χ3v) is 3.50. The van der Waals surface area contributed by atoms with Crippen LogP contribution in [-0.4, -0.2) is 17.4 Å². The zero-order valence-corrected chi connectivity index (χ0v) is 13.2. The summed E-state index contributed by atoms with van der Waals surface area (Å²) in [5.41, 5.74) is 2.46. The van der Waals surface area contributed by atoms with Crippen molar-refractivity contribution in [2.75, 3.05) is 11.9 Å². The van der Waals surface area contributed by atoms with E-state index < -0.39 is 0 Å². The highest BCUT2D eigenvalue weighted by atomic mass is 16.1. The molecule has 116 valence electrons. The van der Waals surface area contributed by atoms with Crippen molar-refractivity contribution in [3.63, 3.8) is 0 Å². The number of anilines is 1. The summed E-state index contributed by atoms with van der Waals surface area (Å²) in [6.07, 6.45) is 3.98. The smallest absolute Gasteiger partial charge is 0.270 e. The van der Waals surface area contributed by atoms with Crippen molar-refractivity contribution >= 4 is 11.6 Å². The number of carbonyl (C=O) groups excluding carboxylic acids is 1. The lowest BCUT2D eigenvalue weighted by atomic mass is 10.1. The Bertz CT molecular complexity index is 581. The first-order chi connectivity index (χ1) is 10.7. The largest absolute Gasteiger partial charge is 0.384 e. The van der Waals surface area contributed by atoms with Gasteiger partial charge < -0.3 is 10.6 Å². The summed E-state index contributed by atoms with van der Waals surface area (Å²) in [4.78, 5) is 16.4. The fourth-order valence-electron chi connectivity index (χ4n) is 2.14. The molecule has 2 rings (SSSR count). The van der Waals surface area contributed by atoms with Gasteiger partial charge in [-0.05, 0) is 31.0 Å². The van der Waals surface area contributed by atoms with Crippen molar-refractivity contribution < 1.29 is 4.79 Å². The Kier molecular flexibility index (Phi) is 5.95. The van der Waals surface area contributed by atoms with E-state index in [1.54, 1.807) is 12.3 Å². The summed E-state index contributed by atoms with van der Waals surface area (Å²) < 4.78 is 0. The number of nitrogens with one attached hydrogen (secondary N) is 2. The number of amides is 1. The molecule has 22 heavy (non-hydrogen) atoms. The second-order valence-electron chi connectivity index (χ2n) is 5.32. The van der Waals surface area contributed by atoms with Gasteiger partial charge in [0.1, 0.15) is 5.69 Å². The van der Waals surface area contributed by atoms with Crippen LogP contribution < -0.4 is 10.6 Å². The summed E-state index contributed by atoms with van der Waals surface area (Å²) in [5.74, 6) is -0.156. The van der Waals surface area contributed by atoms with E-state index in [1.807, 2.05) is 43.3 Å². The summed E-state index contributed by atoms with van der Waals surface area (Å²) >= 11 is 0. The first-order valence-corrected chi connectivity index (χ1v) is 7.76. The first-order valence-electron chi connectivity index (χ1n) is 7.76. The van der Waals surface area contributed by atoms with Gasteiger partial charge >= 0.3 is 0 Å². The van der Waals surface area contributed by atoms with Gasteiger partial charge in [0, 0.05) is 6.54 Å². The molecule has 4 heteroatoms. The van der Waals surface area contributed by atoms with Crippen LogP contribution in [0.2, 0.25) is 0 Å². The van der Waals surface area contributed by atoms with Crippen molar-refractivity contribution in [1.82, 2.24) is 10.3 Å². The van der Waals surface area contributed by atoms with Crippen LogP contribution in [0.15, 0.2) is 48.7 Å².